The molecule has 2 rings (SSSR count). The summed E-state index contributed by atoms with van der Waals surface area (Å²) in [4.78, 5) is 1.06. The zero-order valence-corrected chi connectivity index (χ0v) is 12.0. The van der Waals surface area contributed by atoms with Crippen molar-refractivity contribution in [2.24, 2.45) is 0 Å². The van der Waals surface area contributed by atoms with Crippen LogP contribution in [-0.2, 0) is 0 Å². The molecule has 2 aromatic rings. The zero-order valence-electron chi connectivity index (χ0n) is 10.4. The minimum atomic E-state index is 0.461. The van der Waals surface area contributed by atoms with Gasteiger partial charge in [-0.25, -0.2) is 0 Å². The smallest absolute Gasteiger partial charge is 0.154 e. The van der Waals surface area contributed by atoms with Crippen LogP contribution >= 0.6 is 23.4 Å². The van der Waals surface area contributed by atoms with Crippen molar-refractivity contribution in [3.05, 3.63) is 40.5 Å². The number of nitrogens with zero attached hydrogens (tertiary/aromatic N) is 2. The highest BCUT2D eigenvalue weighted by molar-refractivity contribution is 7.99. The van der Waals surface area contributed by atoms with Gasteiger partial charge in [0.1, 0.15) is 10.8 Å². The van der Waals surface area contributed by atoms with Crippen LogP contribution < -0.4 is 4.74 Å². The molecule has 0 amide bonds. The van der Waals surface area contributed by atoms with E-state index in [1.807, 2.05) is 38.1 Å². The van der Waals surface area contributed by atoms with Crippen LogP contribution in [0.25, 0.3) is 0 Å². The van der Waals surface area contributed by atoms with Crippen LogP contribution in [0.1, 0.15) is 11.1 Å². The van der Waals surface area contributed by atoms with Gasteiger partial charge in [0.05, 0.1) is 7.11 Å². The molecule has 1 heterocycles. The topological polar surface area (TPSA) is 35.0 Å². The third-order valence-electron chi connectivity index (χ3n) is 2.68. The Hall–Kier alpha value is -1.26. The number of halogens is 1. The normalized spacial score (nSPS) is 10.4. The Kier molecular flexibility index (Phi) is 4.09. The number of hydrogen-bond acceptors (Lipinski definition) is 4. The summed E-state index contributed by atoms with van der Waals surface area (Å²) >= 11 is 7.49. The number of methoxy groups -OCH3 is 1. The van der Waals surface area contributed by atoms with Gasteiger partial charge in [-0.15, -0.1) is 10.2 Å². The SMILES string of the molecule is COc1cccc(Sc2nnc(Cl)c(C)c2C)c1. The number of hydrogen-bond donors (Lipinski definition) is 0. The fourth-order valence-electron chi connectivity index (χ4n) is 1.43. The lowest BCUT2D eigenvalue weighted by Gasteiger charge is -2.08. The van der Waals surface area contributed by atoms with Crippen molar-refractivity contribution in [3.63, 3.8) is 0 Å². The maximum atomic E-state index is 5.93. The second kappa shape index (κ2) is 5.59. The Morgan fingerprint density at radius 1 is 1.17 bits per heavy atom. The molecule has 0 aliphatic carbocycles. The van der Waals surface area contributed by atoms with E-state index in [2.05, 4.69) is 10.2 Å². The highest BCUT2D eigenvalue weighted by atomic mass is 35.5. The molecule has 0 atom stereocenters. The van der Waals surface area contributed by atoms with Crippen molar-refractivity contribution < 1.29 is 4.74 Å². The Balaban J connectivity index is 2.31. The Bertz CT molecular complexity index is 575. The van der Waals surface area contributed by atoms with E-state index < -0.39 is 0 Å². The molecule has 0 aliphatic rings. The summed E-state index contributed by atoms with van der Waals surface area (Å²) in [5.74, 6) is 0.830. The zero-order chi connectivity index (χ0) is 13.1. The van der Waals surface area contributed by atoms with Gasteiger partial charge in [0.15, 0.2) is 5.15 Å². The first-order valence-electron chi connectivity index (χ1n) is 5.43. The lowest BCUT2D eigenvalue weighted by molar-refractivity contribution is 0.413. The number of aromatic nitrogens is 2. The molecule has 0 fully saturated rings. The standard InChI is InChI=1S/C13H13ClN2OS/c1-8-9(2)13(16-15-12(8)14)18-11-6-4-5-10(7-11)17-3/h4-7H,1-3H3. The molecule has 5 heteroatoms. The summed E-state index contributed by atoms with van der Waals surface area (Å²) in [6.07, 6.45) is 0. The molecule has 0 saturated carbocycles. The number of benzene rings is 1. The molecule has 0 N–H and O–H groups in total. The maximum Gasteiger partial charge on any atom is 0.154 e. The van der Waals surface area contributed by atoms with Gasteiger partial charge in [-0.3, -0.25) is 0 Å². The second-order valence-corrected chi connectivity index (χ2v) is 5.25. The molecule has 3 nitrogen and oxygen atoms in total. The summed E-state index contributed by atoms with van der Waals surface area (Å²) < 4.78 is 5.20. The molecule has 0 aliphatic heterocycles. The van der Waals surface area contributed by atoms with Gasteiger partial charge in [0.25, 0.3) is 0 Å². The van der Waals surface area contributed by atoms with Gasteiger partial charge in [-0.05, 0) is 43.2 Å². The average Bonchev–Trinajstić information content (AvgIpc) is 2.40. The van der Waals surface area contributed by atoms with Crippen LogP contribution in [0.2, 0.25) is 5.15 Å². The lowest BCUT2D eigenvalue weighted by Crippen LogP contribution is -1.95. The Morgan fingerprint density at radius 2 is 1.94 bits per heavy atom. The van der Waals surface area contributed by atoms with Gasteiger partial charge >= 0.3 is 0 Å². The van der Waals surface area contributed by atoms with Gasteiger partial charge in [0.2, 0.25) is 0 Å². The molecular formula is C13H13ClN2OS. The third kappa shape index (κ3) is 2.76. The van der Waals surface area contributed by atoms with Gasteiger partial charge in [-0.1, -0.05) is 29.4 Å². The van der Waals surface area contributed by atoms with Crippen LogP contribution in [0.3, 0.4) is 0 Å². The largest absolute Gasteiger partial charge is 0.497 e. The van der Waals surface area contributed by atoms with E-state index in [0.29, 0.717) is 5.15 Å². The number of rotatable bonds is 3. The predicted molar refractivity (Wildman–Crippen MR) is 73.6 cm³/mol. The highest BCUT2D eigenvalue weighted by Crippen LogP contribution is 2.32. The third-order valence-corrected chi connectivity index (χ3v) is 4.11. The molecule has 1 aromatic carbocycles. The fraction of sp³-hybridized carbons (Fsp3) is 0.231. The van der Waals surface area contributed by atoms with E-state index in [1.54, 1.807) is 18.9 Å². The van der Waals surface area contributed by atoms with E-state index in [9.17, 15) is 0 Å². The molecule has 18 heavy (non-hydrogen) atoms. The molecule has 0 unspecified atom stereocenters. The summed E-state index contributed by atoms with van der Waals surface area (Å²) in [6.45, 7) is 3.94. The molecule has 0 bridgehead atoms. The van der Waals surface area contributed by atoms with Crippen molar-refractivity contribution in [2.45, 2.75) is 23.8 Å². The van der Waals surface area contributed by atoms with Crippen LogP contribution in [-0.4, -0.2) is 17.3 Å². The summed E-state index contributed by atoms with van der Waals surface area (Å²) in [7, 11) is 1.65. The minimum absolute atomic E-state index is 0.461. The monoisotopic (exact) mass is 280 g/mol. The van der Waals surface area contributed by atoms with Crippen LogP contribution in [0.4, 0.5) is 0 Å². The van der Waals surface area contributed by atoms with Crippen molar-refractivity contribution >= 4 is 23.4 Å². The van der Waals surface area contributed by atoms with Crippen LogP contribution in [0.15, 0.2) is 34.2 Å². The Morgan fingerprint density at radius 3 is 2.67 bits per heavy atom. The van der Waals surface area contributed by atoms with Crippen LogP contribution in [0.5, 0.6) is 5.75 Å². The van der Waals surface area contributed by atoms with Crippen molar-refractivity contribution in [1.82, 2.24) is 10.2 Å². The molecular weight excluding hydrogens is 268 g/mol. The van der Waals surface area contributed by atoms with Gasteiger partial charge in [0, 0.05) is 4.90 Å². The Labute approximate surface area is 116 Å². The summed E-state index contributed by atoms with van der Waals surface area (Å²) in [6, 6.07) is 7.84. The highest BCUT2D eigenvalue weighted by Gasteiger charge is 2.09. The quantitative estimate of drug-likeness (QED) is 0.854. The van der Waals surface area contributed by atoms with Crippen LogP contribution in [0, 0.1) is 13.8 Å². The molecule has 94 valence electrons. The molecule has 0 spiro atoms. The molecule has 0 saturated heterocycles. The van der Waals surface area contributed by atoms with E-state index in [4.69, 9.17) is 16.3 Å². The van der Waals surface area contributed by atoms with Crippen molar-refractivity contribution in [2.75, 3.05) is 7.11 Å². The average molecular weight is 281 g/mol. The van der Waals surface area contributed by atoms with Crippen molar-refractivity contribution in [3.8, 4) is 5.75 Å². The number of ether oxygens (including phenoxy) is 1. The lowest BCUT2D eigenvalue weighted by atomic mass is 10.2. The first-order chi connectivity index (χ1) is 8.61. The summed E-state index contributed by atoms with van der Waals surface area (Å²) in [5, 5.41) is 9.40. The second-order valence-electron chi connectivity index (χ2n) is 3.83. The first-order valence-corrected chi connectivity index (χ1v) is 6.62. The van der Waals surface area contributed by atoms with Gasteiger partial charge < -0.3 is 4.74 Å². The first kappa shape index (κ1) is 13.2. The van der Waals surface area contributed by atoms with E-state index in [-0.39, 0.29) is 0 Å². The molecule has 1 aromatic heterocycles. The van der Waals surface area contributed by atoms with E-state index in [1.165, 1.54) is 0 Å². The predicted octanol–water partition coefficient (Wildman–Crippen LogP) is 3.91. The summed E-state index contributed by atoms with van der Waals surface area (Å²) in [5.41, 5.74) is 2.03. The van der Waals surface area contributed by atoms with E-state index in [0.717, 1.165) is 26.8 Å². The maximum absolute atomic E-state index is 5.93. The van der Waals surface area contributed by atoms with E-state index >= 15 is 0 Å². The van der Waals surface area contributed by atoms with Gasteiger partial charge in [-0.2, -0.15) is 0 Å². The molecule has 0 radical (unpaired) electrons. The fourth-order valence-corrected chi connectivity index (χ4v) is 2.54. The minimum Gasteiger partial charge on any atom is -0.497 e. The van der Waals surface area contributed by atoms with Crippen molar-refractivity contribution in [1.29, 1.82) is 0 Å².